The number of carboxylic acids is 1. The molecular formula is C12H12F2O4. The molecule has 0 atom stereocenters. The van der Waals surface area contributed by atoms with E-state index in [0.717, 1.165) is 0 Å². The topological polar surface area (TPSA) is 63.6 Å². The van der Waals surface area contributed by atoms with Crippen molar-refractivity contribution in [1.29, 1.82) is 0 Å². The first-order chi connectivity index (χ1) is 8.45. The van der Waals surface area contributed by atoms with Crippen molar-refractivity contribution in [2.45, 2.75) is 26.4 Å². The molecule has 0 radical (unpaired) electrons. The van der Waals surface area contributed by atoms with Crippen LogP contribution in [0.4, 0.5) is 8.78 Å². The van der Waals surface area contributed by atoms with E-state index in [1.807, 2.05) is 0 Å². The van der Waals surface area contributed by atoms with Crippen molar-refractivity contribution in [1.82, 2.24) is 0 Å². The Bertz CT molecular complexity index is 457. The number of halogens is 2. The Morgan fingerprint density at radius 3 is 2.56 bits per heavy atom. The van der Waals surface area contributed by atoms with Crippen molar-refractivity contribution in [3.8, 4) is 5.75 Å². The van der Waals surface area contributed by atoms with Crippen LogP contribution >= 0.6 is 0 Å². The Morgan fingerprint density at radius 2 is 2.06 bits per heavy atom. The molecule has 0 aromatic heterocycles. The molecule has 0 amide bonds. The van der Waals surface area contributed by atoms with Crippen molar-refractivity contribution in [3.63, 3.8) is 0 Å². The number of ether oxygens (including phenoxy) is 1. The summed E-state index contributed by atoms with van der Waals surface area (Å²) in [6.07, 6.45) is -0.380. The first kappa shape index (κ1) is 14.1. The van der Waals surface area contributed by atoms with Gasteiger partial charge in [0, 0.05) is 17.5 Å². The molecule has 0 aliphatic heterocycles. The Hall–Kier alpha value is -1.98. The van der Waals surface area contributed by atoms with Gasteiger partial charge in [0.2, 0.25) is 0 Å². The molecule has 0 aliphatic carbocycles. The quantitative estimate of drug-likeness (QED) is 0.796. The standard InChI is InChI=1S/C12H12F2O4/c1-2-9(15)7-4-3-5-10(18-12(13)14)8(7)6-11(16)17/h3-5,12H,2,6H2,1H3,(H,16,17). The first-order valence-corrected chi connectivity index (χ1v) is 5.27. The molecule has 0 saturated heterocycles. The zero-order valence-electron chi connectivity index (χ0n) is 9.65. The maximum Gasteiger partial charge on any atom is 0.387 e. The van der Waals surface area contributed by atoms with Gasteiger partial charge in [-0.3, -0.25) is 9.59 Å². The Balaban J connectivity index is 3.24. The van der Waals surface area contributed by atoms with Gasteiger partial charge in [0.05, 0.1) is 6.42 Å². The summed E-state index contributed by atoms with van der Waals surface area (Å²) < 4.78 is 28.6. The summed E-state index contributed by atoms with van der Waals surface area (Å²) in [5.74, 6) is -1.80. The second kappa shape index (κ2) is 6.09. The number of carboxylic acid groups (broad SMARTS) is 1. The number of alkyl halides is 2. The molecule has 98 valence electrons. The van der Waals surface area contributed by atoms with Gasteiger partial charge >= 0.3 is 12.6 Å². The molecule has 0 aliphatic rings. The third-order valence-corrected chi connectivity index (χ3v) is 2.30. The zero-order chi connectivity index (χ0) is 13.7. The van der Waals surface area contributed by atoms with Crippen molar-refractivity contribution in [2.24, 2.45) is 0 Å². The van der Waals surface area contributed by atoms with Gasteiger partial charge < -0.3 is 9.84 Å². The molecule has 18 heavy (non-hydrogen) atoms. The van der Waals surface area contributed by atoms with Gasteiger partial charge in [0.1, 0.15) is 5.75 Å². The van der Waals surface area contributed by atoms with Gasteiger partial charge in [-0.1, -0.05) is 19.1 Å². The molecule has 1 rings (SSSR count). The number of Topliss-reactive ketones (excluding diaryl/α,β-unsaturated/α-hetero) is 1. The van der Waals surface area contributed by atoms with Crippen LogP contribution in [0.5, 0.6) is 5.75 Å². The van der Waals surface area contributed by atoms with E-state index in [4.69, 9.17) is 5.11 Å². The number of aliphatic carboxylic acids is 1. The first-order valence-electron chi connectivity index (χ1n) is 5.27. The molecule has 0 unspecified atom stereocenters. The molecule has 0 bridgehead atoms. The van der Waals surface area contributed by atoms with E-state index < -0.39 is 19.0 Å². The maximum absolute atomic E-state index is 12.2. The highest BCUT2D eigenvalue weighted by molar-refractivity contribution is 5.98. The van der Waals surface area contributed by atoms with E-state index in [9.17, 15) is 18.4 Å². The number of carbonyl (C=O) groups is 2. The fraction of sp³-hybridized carbons (Fsp3) is 0.333. The fourth-order valence-electron chi connectivity index (χ4n) is 1.56. The summed E-state index contributed by atoms with van der Waals surface area (Å²) in [5.41, 5.74) is 0.0928. The maximum atomic E-state index is 12.2. The summed E-state index contributed by atoms with van der Waals surface area (Å²) in [4.78, 5) is 22.3. The molecule has 4 nitrogen and oxygen atoms in total. The van der Waals surface area contributed by atoms with Crippen LogP contribution in [0.15, 0.2) is 18.2 Å². The highest BCUT2D eigenvalue weighted by Crippen LogP contribution is 2.26. The second-order valence-corrected chi connectivity index (χ2v) is 3.51. The largest absolute Gasteiger partial charge is 0.481 e. The molecule has 0 heterocycles. The number of hydrogen-bond donors (Lipinski definition) is 1. The lowest BCUT2D eigenvalue weighted by Gasteiger charge is -2.12. The van der Waals surface area contributed by atoms with Crippen LogP contribution in [0.25, 0.3) is 0 Å². The summed E-state index contributed by atoms with van der Waals surface area (Å²) in [6.45, 7) is -1.46. The van der Waals surface area contributed by atoms with Crippen LogP contribution in [0, 0.1) is 0 Å². The van der Waals surface area contributed by atoms with Gasteiger partial charge in [-0.2, -0.15) is 8.78 Å². The van der Waals surface area contributed by atoms with Gasteiger partial charge in [-0.15, -0.1) is 0 Å². The van der Waals surface area contributed by atoms with Crippen LogP contribution in [0.2, 0.25) is 0 Å². The van der Waals surface area contributed by atoms with Gasteiger partial charge in [-0.05, 0) is 6.07 Å². The molecule has 0 saturated carbocycles. The smallest absolute Gasteiger partial charge is 0.387 e. The average Bonchev–Trinajstić information content (AvgIpc) is 2.29. The molecule has 6 heteroatoms. The van der Waals surface area contributed by atoms with E-state index in [-0.39, 0.29) is 29.1 Å². The Labute approximate surface area is 102 Å². The summed E-state index contributed by atoms with van der Waals surface area (Å²) in [5, 5.41) is 8.75. The Morgan fingerprint density at radius 1 is 1.39 bits per heavy atom. The minimum absolute atomic E-state index is 0.0165. The number of rotatable bonds is 6. The normalized spacial score (nSPS) is 10.4. The molecular weight excluding hydrogens is 246 g/mol. The van der Waals surface area contributed by atoms with E-state index in [0.29, 0.717) is 0 Å². The third-order valence-electron chi connectivity index (χ3n) is 2.30. The van der Waals surface area contributed by atoms with E-state index in [1.165, 1.54) is 18.2 Å². The van der Waals surface area contributed by atoms with Crippen LogP contribution in [-0.4, -0.2) is 23.5 Å². The van der Waals surface area contributed by atoms with Crippen molar-refractivity contribution >= 4 is 11.8 Å². The van der Waals surface area contributed by atoms with Gasteiger partial charge in [-0.25, -0.2) is 0 Å². The van der Waals surface area contributed by atoms with Gasteiger partial charge in [0.25, 0.3) is 0 Å². The molecule has 1 aromatic carbocycles. The second-order valence-electron chi connectivity index (χ2n) is 3.51. The van der Waals surface area contributed by atoms with Crippen molar-refractivity contribution in [2.75, 3.05) is 0 Å². The average molecular weight is 258 g/mol. The molecule has 0 fully saturated rings. The third kappa shape index (κ3) is 3.51. The SMILES string of the molecule is CCC(=O)c1cccc(OC(F)F)c1CC(=O)O. The molecule has 1 N–H and O–H groups in total. The van der Waals surface area contributed by atoms with Crippen molar-refractivity contribution < 1.29 is 28.2 Å². The van der Waals surface area contributed by atoms with Crippen LogP contribution in [0.3, 0.4) is 0 Å². The minimum atomic E-state index is -3.07. The number of carbonyl (C=O) groups excluding carboxylic acids is 1. The monoisotopic (exact) mass is 258 g/mol. The predicted octanol–water partition coefficient (Wildman–Crippen LogP) is 2.51. The highest BCUT2D eigenvalue weighted by atomic mass is 19.3. The predicted molar refractivity (Wildman–Crippen MR) is 59.0 cm³/mol. The lowest BCUT2D eigenvalue weighted by Crippen LogP contribution is -2.12. The Kier molecular flexibility index (Phi) is 4.76. The van der Waals surface area contributed by atoms with Crippen LogP contribution < -0.4 is 4.74 Å². The van der Waals surface area contributed by atoms with Crippen LogP contribution in [-0.2, 0) is 11.2 Å². The number of benzene rings is 1. The summed E-state index contributed by atoms with van der Waals surface area (Å²) in [7, 11) is 0. The molecule has 0 spiro atoms. The lowest BCUT2D eigenvalue weighted by molar-refractivity contribution is -0.136. The summed E-state index contributed by atoms with van der Waals surface area (Å²) in [6, 6.07) is 4.01. The van der Waals surface area contributed by atoms with Gasteiger partial charge in [0.15, 0.2) is 5.78 Å². The minimum Gasteiger partial charge on any atom is -0.481 e. The number of ketones is 1. The highest BCUT2D eigenvalue weighted by Gasteiger charge is 2.19. The van der Waals surface area contributed by atoms with E-state index >= 15 is 0 Å². The van der Waals surface area contributed by atoms with E-state index in [1.54, 1.807) is 6.92 Å². The summed E-state index contributed by atoms with van der Waals surface area (Å²) >= 11 is 0. The lowest BCUT2D eigenvalue weighted by atomic mass is 9.98. The fourth-order valence-corrected chi connectivity index (χ4v) is 1.56. The molecule has 1 aromatic rings. The van der Waals surface area contributed by atoms with Crippen LogP contribution in [0.1, 0.15) is 29.3 Å². The number of hydrogen-bond acceptors (Lipinski definition) is 3. The zero-order valence-corrected chi connectivity index (χ0v) is 9.65. The van der Waals surface area contributed by atoms with E-state index in [2.05, 4.69) is 4.74 Å². The van der Waals surface area contributed by atoms with Crippen molar-refractivity contribution in [3.05, 3.63) is 29.3 Å².